The fraction of sp³-hybridized carbons (Fsp3) is 0.778. The largest absolute Gasteiger partial charge is 0.540 e. The van der Waals surface area contributed by atoms with Gasteiger partial charge in [0, 0.05) is 4.75 Å². The van der Waals surface area contributed by atoms with Crippen LogP contribution in [0.5, 0.6) is 0 Å². The number of hydrogen-bond acceptors (Lipinski definition) is 2. The predicted octanol–water partition coefficient (Wildman–Crippen LogP) is 3.59. The van der Waals surface area contributed by atoms with Crippen molar-refractivity contribution in [1.82, 2.24) is 0 Å². The molecule has 0 N–H and O–H groups in total. The summed E-state index contributed by atoms with van der Waals surface area (Å²) in [6, 6.07) is 0. The molecule has 0 aromatic heterocycles. The molecule has 0 fully saturated rings. The van der Waals surface area contributed by atoms with Crippen LogP contribution in [-0.4, -0.2) is 13.1 Å². The fourth-order valence-electron chi connectivity index (χ4n) is 1.05. The van der Waals surface area contributed by atoms with Crippen LogP contribution < -0.4 is 0 Å². The van der Waals surface area contributed by atoms with Gasteiger partial charge in [-0.25, -0.2) is 0 Å². The second kappa shape index (κ2) is 3.11. The number of rotatable bonds is 2. The van der Waals surface area contributed by atoms with Crippen LogP contribution in [0.1, 0.15) is 20.3 Å². The standard InChI is InChI=1S/C9H18OSSi/c1-9(2)7-6-8(11-9)10-12(3,4)5/h6H,7H2,1-5H3. The zero-order valence-electron chi connectivity index (χ0n) is 8.60. The number of allylic oxidation sites excluding steroid dienone is 1. The summed E-state index contributed by atoms with van der Waals surface area (Å²) in [7, 11) is -1.37. The van der Waals surface area contributed by atoms with E-state index in [1.54, 1.807) is 0 Å². The summed E-state index contributed by atoms with van der Waals surface area (Å²) in [6.45, 7) is 11.2. The molecule has 0 amide bonds. The minimum absolute atomic E-state index is 0.356. The maximum Gasteiger partial charge on any atom is 0.242 e. The van der Waals surface area contributed by atoms with E-state index in [-0.39, 0.29) is 0 Å². The predicted molar refractivity (Wildman–Crippen MR) is 58.8 cm³/mol. The molecule has 0 atom stereocenters. The highest BCUT2D eigenvalue weighted by Crippen LogP contribution is 2.42. The Labute approximate surface area is 80.7 Å². The van der Waals surface area contributed by atoms with E-state index >= 15 is 0 Å². The normalized spacial score (nSPS) is 22.2. The SMILES string of the molecule is CC1(C)CC=C(O[Si](C)(C)C)S1. The Morgan fingerprint density at radius 3 is 2.33 bits per heavy atom. The van der Waals surface area contributed by atoms with E-state index in [0.29, 0.717) is 4.75 Å². The molecule has 0 saturated carbocycles. The van der Waals surface area contributed by atoms with E-state index in [2.05, 4.69) is 39.6 Å². The Bertz CT molecular complexity index is 203. The number of hydrogen-bond donors (Lipinski definition) is 0. The molecule has 0 aromatic rings. The molecule has 0 aliphatic carbocycles. The van der Waals surface area contributed by atoms with E-state index in [9.17, 15) is 0 Å². The lowest BCUT2D eigenvalue weighted by atomic mass is 10.1. The molecule has 1 nitrogen and oxygen atoms in total. The van der Waals surface area contributed by atoms with Crippen LogP contribution in [0.4, 0.5) is 0 Å². The van der Waals surface area contributed by atoms with Crippen molar-refractivity contribution in [3.05, 3.63) is 11.2 Å². The molecule has 1 aliphatic rings. The van der Waals surface area contributed by atoms with Gasteiger partial charge in [0.15, 0.2) is 0 Å². The van der Waals surface area contributed by atoms with E-state index in [1.165, 1.54) is 0 Å². The highest BCUT2D eigenvalue weighted by molar-refractivity contribution is 8.04. The maximum atomic E-state index is 5.90. The topological polar surface area (TPSA) is 9.23 Å². The molecule has 0 saturated heterocycles. The van der Waals surface area contributed by atoms with Crippen LogP contribution >= 0.6 is 11.8 Å². The molecule has 70 valence electrons. The molecule has 0 spiro atoms. The van der Waals surface area contributed by atoms with Crippen LogP contribution in [0.2, 0.25) is 19.6 Å². The van der Waals surface area contributed by atoms with E-state index in [4.69, 9.17) is 4.43 Å². The molecule has 1 aliphatic heterocycles. The first-order valence-electron chi connectivity index (χ1n) is 4.37. The first kappa shape index (κ1) is 10.2. The summed E-state index contributed by atoms with van der Waals surface area (Å²) < 4.78 is 6.25. The van der Waals surface area contributed by atoms with E-state index < -0.39 is 8.32 Å². The van der Waals surface area contributed by atoms with Crippen molar-refractivity contribution >= 4 is 20.1 Å². The van der Waals surface area contributed by atoms with Gasteiger partial charge in [0.2, 0.25) is 8.32 Å². The zero-order chi connectivity index (χ0) is 9.41. The Kier molecular flexibility index (Phi) is 2.64. The second-order valence-corrected chi connectivity index (χ2v) is 10.9. The van der Waals surface area contributed by atoms with Gasteiger partial charge in [-0.1, -0.05) is 11.8 Å². The van der Waals surface area contributed by atoms with Crippen molar-refractivity contribution in [2.75, 3.05) is 0 Å². The van der Waals surface area contributed by atoms with Crippen molar-refractivity contribution in [1.29, 1.82) is 0 Å². The summed E-state index contributed by atoms with van der Waals surface area (Å²) in [5.41, 5.74) is 0. The van der Waals surface area contributed by atoms with Crippen LogP contribution in [0.3, 0.4) is 0 Å². The van der Waals surface area contributed by atoms with Crippen LogP contribution in [-0.2, 0) is 4.43 Å². The van der Waals surface area contributed by atoms with Gasteiger partial charge in [-0.2, -0.15) is 0 Å². The second-order valence-electron chi connectivity index (χ2n) is 4.80. The quantitative estimate of drug-likeness (QED) is 0.633. The molecule has 1 rings (SSSR count). The van der Waals surface area contributed by atoms with E-state index in [1.807, 2.05) is 11.8 Å². The summed E-state index contributed by atoms with van der Waals surface area (Å²) in [5, 5.41) is 1.15. The summed E-state index contributed by atoms with van der Waals surface area (Å²) in [5.74, 6) is 0. The van der Waals surface area contributed by atoms with Gasteiger partial charge in [-0.3, -0.25) is 0 Å². The summed E-state index contributed by atoms with van der Waals surface area (Å²) in [4.78, 5) is 0. The Hall–Kier alpha value is 0.107. The first-order chi connectivity index (χ1) is 5.29. The maximum absolute atomic E-state index is 5.90. The summed E-state index contributed by atoms with van der Waals surface area (Å²) >= 11 is 1.87. The minimum atomic E-state index is -1.37. The minimum Gasteiger partial charge on any atom is -0.540 e. The third-order valence-corrected chi connectivity index (χ3v) is 3.69. The zero-order valence-corrected chi connectivity index (χ0v) is 10.4. The van der Waals surface area contributed by atoms with E-state index in [0.717, 1.165) is 11.5 Å². The summed E-state index contributed by atoms with van der Waals surface area (Å²) in [6.07, 6.45) is 3.36. The third kappa shape index (κ3) is 3.23. The van der Waals surface area contributed by atoms with Gasteiger partial charge in [0.25, 0.3) is 0 Å². The first-order valence-corrected chi connectivity index (χ1v) is 8.59. The van der Waals surface area contributed by atoms with Gasteiger partial charge >= 0.3 is 0 Å². The molecular formula is C9H18OSSi. The van der Waals surface area contributed by atoms with Crippen molar-refractivity contribution in [2.24, 2.45) is 0 Å². The Morgan fingerprint density at radius 2 is 2.00 bits per heavy atom. The lowest BCUT2D eigenvalue weighted by Gasteiger charge is -2.22. The van der Waals surface area contributed by atoms with Crippen molar-refractivity contribution in [2.45, 2.75) is 44.7 Å². The van der Waals surface area contributed by atoms with Crippen molar-refractivity contribution < 1.29 is 4.43 Å². The van der Waals surface area contributed by atoms with Crippen molar-refractivity contribution in [3.8, 4) is 0 Å². The smallest absolute Gasteiger partial charge is 0.242 e. The lowest BCUT2D eigenvalue weighted by molar-refractivity contribution is 0.464. The fourth-order valence-corrected chi connectivity index (χ4v) is 3.53. The molecular weight excluding hydrogens is 184 g/mol. The average molecular weight is 202 g/mol. The lowest BCUT2D eigenvalue weighted by Crippen LogP contribution is -2.24. The molecule has 0 unspecified atom stereocenters. The molecule has 0 aromatic carbocycles. The van der Waals surface area contributed by atoms with Gasteiger partial charge in [-0.15, -0.1) is 0 Å². The van der Waals surface area contributed by atoms with Gasteiger partial charge in [-0.05, 0) is 46.0 Å². The van der Waals surface area contributed by atoms with Gasteiger partial charge < -0.3 is 4.43 Å². The molecule has 12 heavy (non-hydrogen) atoms. The van der Waals surface area contributed by atoms with Crippen LogP contribution in [0.15, 0.2) is 11.2 Å². The monoisotopic (exact) mass is 202 g/mol. The Balaban J connectivity index is 2.48. The molecule has 0 bridgehead atoms. The molecule has 3 heteroatoms. The number of thioether (sulfide) groups is 1. The molecule has 0 radical (unpaired) electrons. The van der Waals surface area contributed by atoms with Gasteiger partial charge in [0.1, 0.15) is 5.09 Å². The molecule has 1 heterocycles. The van der Waals surface area contributed by atoms with Gasteiger partial charge in [0.05, 0.1) is 0 Å². The van der Waals surface area contributed by atoms with Crippen LogP contribution in [0, 0.1) is 0 Å². The highest BCUT2D eigenvalue weighted by atomic mass is 32.2. The average Bonchev–Trinajstić information content (AvgIpc) is 2.05. The Morgan fingerprint density at radius 1 is 1.42 bits per heavy atom. The highest BCUT2D eigenvalue weighted by Gasteiger charge is 2.29. The van der Waals surface area contributed by atoms with Crippen molar-refractivity contribution in [3.63, 3.8) is 0 Å². The third-order valence-electron chi connectivity index (χ3n) is 1.54. The van der Waals surface area contributed by atoms with Crippen LogP contribution in [0.25, 0.3) is 0 Å².